The van der Waals surface area contributed by atoms with Crippen LogP contribution in [0.2, 0.25) is 5.02 Å². The molecule has 4 N–H and O–H groups in total. The van der Waals surface area contributed by atoms with E-state index in [2.05, 4.69) is 32.7 Å². The minimum Gasteiger partial charge on any atom is -0.508 e. The molecule has 256 valence electrons. The van der Waals surface area contributed by atoms with E-state index in [0.29, 0.717) is 46.5 Å². The van der Waals surface area contributed by atoms with E-state index >= 15 is 0 Å². The molecule has 1 unspecified atom stereocenters. The molecule has 2 heterocycles. The highest BCUT2D eigenvalue weighted by Gasteiger charge is 2.26. The summed E-state index contributed by atoms with van der Waals surface area (Å²) in [6.07, 6.45) is 18.1. The lowest BCUT2D eigenvalue weighted by Gasteiger charge is -2.17. The smallest absolute Gasteiger partial charge is 0.328 e. The summed E-state index contributed by atoms with van der Waals surface area (Å²) in [7, 11) is 0. The topological polar surface area (TPSA) is 134 Å². The number of carbonyl (C=O) groups is 2. The zero-order valence-electron chi connectivity index (χ0n) is 28.5. The van der Waals surface area contributed by atoms with Gasteiger partial charge in [-0.05, 0) is 31.0 Å². The Morgan fingerprint density at radius 1 is 0.935 bits per heavy atom. The number of nitrogens with zero attached hydrogens (tertiary/aromatic N) is 3. The molecule has 1 aromatic carbocycles. The summed E-state index contributed by atoms with van der Waals surface area (Å²) in [5.74, 6) is -0.0968. The maximum absolute atomic E-state index is 12.9. The van der Waals surface area contributed by atoms with Crippen molar-refractivity contribution in [1.29, 1.82) is 0 Å². The zero-order chi connectivity index (χ0) is 33.5. The quantitative estimate of drug-likeness (QED) is 0.0543. The number of aromatic hydroxyl groups is 1. The first kappa shape index (κ1) is 37.2. The molecule has 0 saturated carbocycles. The van der Waals surface area contributed by atoms with E-state index in [1.165, 1.54) is 87.4 Å². The number of rotatable bonds is 20. The van der Waals surface area contributed by atoms with Crippen molar-refractivity contribution in [2.75, 3.05) is 11.9 Å². The van der Waals surface area contributed by atoms with Crippen LogP contribution in [0.25, 0.3) is 17.0 Å². The van der Waals surface area contributed by atoms with Crippen LogP contribution in [-0.2, 0) is 14.9 Å². The minimum atomic E-state index is -0.784. The lowest BCUT2D eigenvalue weighted by molar-refractivity contribution is -0.146. The lowest BCUT2D eigenvalue weighted by atomic mass is 9.92. The summed E-state index contributed by atoms with van der Waals surface area (Å²) in [4.78, 5) is 28.8. The number of phenols is 1. The van der Waals surface area contributed by atoms with E-state index in [4.69, 9.17) is 16.3 Å². The molecule has 3 rings (SSSR count). The van der Waals surface area contributed by atoms with Gasteiger partial charge in [0.05, 0.1) is 18.0 Å². The third kappa shape index (κ3) is 11.5. The fourth-order valence-corrected chi connectivity index (χ4v) is 5.89. The number of H-pyrrole nitrogens is 1. The highest BCUT2D eigenvalue weighted by Crippen LogP contribution is 2.34. The fraction of sp³-hybridized carbons (Fsp3) is 0.657. The second-order valence-electron chi connectivity index (χ2n) is 13.3. The minimum absolute atomic E-state index is 0.00464. The normalized spacial score (nSPS) is 12.4. The number of esters is 1. The predicted octanol–water partition coefficient (Wildman–Crippen LogP) is 9.31. The Balaban J connectivity index is 1.40. The molecule has 0 aliphatic heterocycles. The molecule has 0 saturated heterocycles. The van der Waals surface area contributed by atoms with Gasteiger partial charge < -0.3 is 25.5 Å². The van der Waals surface area contributed by atoms with Gasteiger partial charge in [-0.3, -0.25) is 0 Å². The molecule has 10 nitrogen and oxygen atoms in total. The third-order valence-corrected chi connectivity index (χ3v) is 8.56. The van der Waals surface area contributed by atoms with E-state index in [-0.39, 0.29) is 11.2 Å². The van der Waals surface area contributed by atoms with Gasteiger partial charge in [-0.25, -0.2) is 9.59 Å². The van der Waals surface area contributed by atoms with Crippen molar-refractivity contribution in [2.45, 2.75) is 142 Å². The molecule has 11 heteroatoms. The largest absolute Gasteiger partial charge is 0.508 e. The standard InChI is InChI=1S/C35H55ClN6O4/c1-6-8-9-10-11-12-13-14-15-16-17-18-19-20-23-46-33(44)27(7-2)37-34(45)38-28-22-21-25(43)24-26(28)31-39-32-29(36)30(35(3,4)5)40-42(32)41-31/h21-22,24,27,43H,6-20,23H2,1-5H3,(H,39,41)(H2,37,38,45). The molecule has 2 aromatic heterocycles. The summed E-state index contributed by atoms with van der Waals surface area (Å²) < 4.78 is 6.89. The van der Waals surface area contributed by atoms with Crippen molar-refractivity contribution in [3.8, 4) is 17.1 Å². The first-order valence-corrected chi connectivity index (χ1v) is 17.7. The SMILES string of the molecule is CCCCCCCCCCCCCCCCOC(=O)C(CC)NC(=O)Nc1ccc(O)cc1-c1nn2nc(C(C)(C)C)c(Cl)c2[nH]1. The number of phenolic OH excluding ortho intramolecular Hbond substituents is 1. The Bertz CT molecular complexity index is 1380. The van der Waals surface area contributed by atoms with Crippen molar-refractivity contribution in [3.05, 3.63) is 28.9 Å². The maximum atomic E-state index is 12.9. The van der Waals surface area contributed by atoms with Crippen LogP contribution in [0.3, 0.4) is 0 Å². The van der Waals surface area contributed by atoms with Crippen LogP contribution in [-0.4, -0.2) is 49.6 Å². The van der Waals surface area contributed by atoms with Gasteiger partial charge in [-0.2, -0.15) is 5.10 Å². The number of carbonyl (C=O) groups excluding carboxylic acids is 2. The Hall–Kier alpha value is -3.27. The van der Waals surface area contributed by atoms with Crippen LogP contribution in [0.5, 0.6) is 5.75 Å². The van der Waals surface area contributed by atoms with Crippen molar-refractivity contribution < 1.29 is 19.4 Å². The number of benzene rings is 1. The maximum Gasteiger partial charge on any atom is 0.328 e. The van der Waals surface area contributed by atoms with E-state index in [1.807, 2.05) is 27.7 Å². The van der Waals surface area contributed by atoms with Crippen LogP contribution in [0.15, 0.2) is 18.2 Å². The number of hydrogen-bond donors (Lipinski definition) is 4. The molecule has 0 bridgehead atoms. The zero-order valence-corrected chi connectivity index (χ0v) is 29.3. The van der Waals surface area contributed by atoms with Gasteiger partial charge in [-0.15, -0.1) is 9.73 Å². The molecule has 0 spiro atoms. The van der Waals surface area contributed by atoms with Gasteiger partial charge in [-0.1, -0.05) is 130 Å². The number of hydrogen-bond acceptors (Lipinski definition) is 6. The van der Waals surface area contributed by atoms with Crippen LogP contribution < -0.4 is 10.6 Å². The van der Waals surface area contributed by atoms with Gasteiger partial charge >= 0.3 is 12.0 Å². The number of nitrogens with one attached hydrogen (secondary N) is 3. The Kier molecular flexibility index (Phi) is 15.2. The Morgan fingerprint density at radius 2 is 1.52 bits per heavy atom. The van der Waals surface area contributed by atoms with E-state index in [0.717, 1.165) is 19.3 Å². The second kappa shape index (κ2) is 18.8. The summed E-state index contributed by atoms with van der Waals surface area (Å²) >= 11 is 6.58. The average molecular weight is 659 g/mol. The molecular formula is C35H55ClN6O4. The third-order valence-electron chi connectivity index (χ3n) is 8.20. The van der Waals surface area contributed by atoms with Crippen LogP contribution in [0.1, 0.15) is 137 Å². The Morgan fingerprint density at radius 3 is 2.07 bits per heavy atom. The fourth-order valence-electron chi connectivity index (χ4n) is 5.45. The van der Waals surface area contributed by atoms with E-state index < -0.39 is 18.0 Å². The van der Waals surface area contributed by atoms with Crippen LogP contribution in [0.4, 0.5) is 10.5 Å². The second-order valence-corrected chi connectivity index (χ2v) is 13.7. The van der Waals surface area contributed by atoms with Gasteiger partial charge in [0.2, 0.25) is 0 Å². The summed E-state index contributed by atoms with van der Waals surface area (Å²) in [6, 6.07) is 3.14. The highest BCUT2D eigenvalue weighted by atomic mass is 35.5. The first-order chi connectivity index (χ1) is 22.0. The van der Waals surface area contributed by atoms with E-state index in [1.54, 1.807) is 6.07 Å². The number of amides is 2. The molecule has 0 aliphatic rings. The van der Waals surface area contributed by atoms with Gasteiger partial charge in [0.25, 0.3) is 0 Å². The average Bonchev–Trinajstić information content (AvgIpc) is 3.57. The molecule has 3 aromatic rings. The molecular weight excluding hydrogens is 604 g/mol. The highest BCUT2D eigenvalue weighted by molar-refractivity contribution is 6.34. The van der Waals surface area contributed by atoms with Gasteiger partial charge in [0, 0.05) is 11.0 Å². The monoisotopic (exact) mass is 658 g/mol. The number of halogens is 1. The number of ether oxygens (including phenoxy) is 1. The number of anilines is 1. The van der Waals surface area contributed by atoms with E-state index in [9.17, 15) is 14.7 Å². The first-order valence-electron chi connectivity index (χ1n) is 17.3. The summed E-state index contributed by atoms with van der Waals surface area (Å²) in [5.41, 5.74) is 1.75. The molecule has 0 aliphatic carbocycles. The molecule has 0 radical (unpaired) electrons. The summed E-state index contributed by atoms with van der Waals surface area (Å²) in [6.45, 7) is 10.5. The number of urea groups is 1. The number of aromatic nitrogens is 4. The number of unbranched alkanes of at least 4 members (excludes halogenated alkanes) is 13. The van der Waals surface area contributed by atoms with Gasteiger partial charge in [0.15, 0.2) is 11.5 Å². The molecule has 1 atom stereocenters. The van der Waals surface area contributed by atoms with Gasteiger partial charge in [0.1, 0.15) is 16.8 Å². The summed E-state index contributed by atoms with van der Waals surface area (Å²) in [5, 5.41) is 25.1. The lowest BCUT2D eigenvalue weighted by Crippen LogP contribution is -2.43. The predicted molar refractivity (Wildman–Crippen MR) is 186 cm³/mol. The Labute approximate surface area is 279 Å². The van der Waals surface area contributed by atoms with Crippen molar-refractivity contribution in [3.63, 3.8) is 0 Å². The number of aromatic amines is 1. The molecule has 0 fully saturated rings. The van der Waals surface area contributed by atoms with Crippen molar-refractivity contribution in [1.82, 2.24) is 25.1 Å². The number of fused-ring (bicyclic) bond motifs is 1. The van der Waals surface area contributed by atoms with Crippen LogP contribution in [0, 0.1) is 0 Å². The van der Waals surface area contributed by atoms with Crippen LogP contribution >= 0.6 is 11.6 Å². The molecule has 46 heavy (non-hydrogen) atoms. The van der Waals surface area contributed by atoms with Crippen molar-refractivity contribution in [2.24, 2.45) is 0 Å². The van der Waals surface area contributed by atoms with Crippen molar-refractivity contribution >= 4 is 34.9 Å². The molecule has 2 amide bonds.